The topological polar surface area (TPSA) is 42.4 Å². The molecule has 23 heavy (non-hydrogen) atoms. The third kappa shape index (κ3) is 3.46. The first-order valence-electron chi connectivity index (χ1n) is 7.77. The van der Waals surface area contributed by atoms with Crippen LogP contribution in [0, 0.1) is 0 Å². The molecule has 1 aliphatic heterocycles. The van der Waals surface area contributed by atoms with Crippen LogP contribution in [-0.2, 0) is 16.1 Å². The zero-order chi connectivity index (χ0) is 17.6. The lowest BCUT2D eigenvalue weighted by atomic mass is 9.88. The molecule has 0 aliphatic carbocycles. The number of hydrogen-bond donors (Lipinski definition) is 0. The summed E-state index contributed by atoms with van der Waals surface area (Å²) in [6, 6.07) is 1.32. The van der Waals surface area contributed by atoms with Gasteiger partial charge in [-0.25, -0.2) is 4.79 Å². The second-order valence-corrected chi connectivity index (χ2v) is 7.60. The van der Waals surface area contributed by atoms with Crippen molar-refractivity contribution in [3.05, 3.63) is 23.5 Å². The Morgan fingerprint density at radius 2 is 2.00 bits per heavy atom. The van der Waals surface area contributed by atoms with E-state index in [1.165, 1.54) is 24.1 Å². The molecule has 6 heteroatoms. The SMILES string of the molecule is CCC(F)(F)c1cc2c(cn1)C(C)(C)CN2C(=O)OC(C)(C)C. The lowest BCUT2D eigenvalue weighted by Gasteiger charge is -2.26. The normalized spacial score (nSPS) is 17.1. The van der Waals surface area contributed by atoms with Gasteiger partial charge >= 0.3 is 6.09 Å². The summed E-state index contributed by atoms with van der Waals surface area (Å²) in [5.41, 5.74) is -0.0849. The Bertz CT molecular complexity index is 622. The van der Waals surface area contributed by atoms with E-state index in [4.69, 9.17) is 4.74 Å². The lowest BCUT2D eigenvalue weighted by Crippen LogP contribution is -2.38. The van der Waals surface area contributed by atoms with E-state index in [2.05, 4.69) is 4.98 Å². The third-order valence-electron chi connectivity index (χ3n) is 3.89. The fourth-order valence-corrected chi connectivity index (χ4v) is 2.62. The van der Waals surface area contributed by atoms with Crippen molar-refractivity contribution in [1.29, 1.82) is 0 Å². The first kappa shape index (κ1) is 17.6. The van der Waals surface area contributed by atoms with Crippen molar-refractivity contribution in [2.45, 2.75) is 64.9 Å². The number of hydrogen-bond acceptors (Lipinski definition) is 3. The minimum atomic E-state index is -3.01. The quantitative estimate of drug-likeness (QED) is 0.796. The molecule has 0 fully saturated rings. The zero-order valence-corrected chi connectivity index (χ0v) is 14.5. The summed E-state index contributed by atoms with van der Waals surface area (Å²) in [5.74, 6) is -3.01. The summed E-state index contributed by atoms with van der Waals surface area (Å²) in [5, 5.41) is 0. The molecular weight excluding hydrogens is 302 g/mol. The van der Waals surface area contributed by atoms with E-state index in [1.807, 2.05) is 13.8 Å². The second-order valence-electron chi connectivity index (χ2n) is 7.60. The van der Waals surface area contributed by atoms with Crippen molar-refractivity contribution in [3.63, 3.8) is 0 Å². The number of anilines is 1. The van der Waals surface area contributed by atoms with Gasteiger partial charge in [-0.15, -0.1) is 0 Å². The maximum Gasteiger partial charge on any atom is 0.414 e. The van der Waals surface area contributed by atoms with Crippen LogP contribution in [0.4, 0.5) is 19.3 Å². The molecule has 1 aromatic heterocycles. The lowest BCUT2D eigenvalue weighted by molar-refractivity contribution is -0.0128. The molecule has 0 N–H and O–H groups in total. The van der Waals surface area contributed by atoms with Crippen molar-refractivity contribution in [3.8, 4) is 0 Å². The van der Waals surface area contributed by atoms with Gasteiger partial charge < -0.3 is 4.74 Å². The molecule has 0 atom stereocenters. The molecule has 0 bridgehead atoms. The van der Waals surface area contributed by atoms with E-state index in [-0.39, 0.29) is 17.5 Å². The largest absolute Gasteiger partial charge is 0.443 e. The van der Waals surface area contributed by atoms with E-state index in [0.29, 0.717) is 12.2 Å². The summed E-state index contributed by atoms with van der Waals surface area (Å²) < 4.78 is 33.3. The van der Waals surface area contributed by atoms with Crippen molar-refractivity contribution in [1.82, 2.24) is 4.98 Å². The standard InChI is InChI=1S/C17H24F2N2O2/c1-7-17(18,19)13-8-12-11(9-20-13)16(5,6)10-21(12)14(22)23-15(2,3)4/h8-9H,7,10H2,1-6H3. The fourth-order valence-electron chi connectivity index (χ4n) is 2.62. The Hall–Kier alpha value is -1.72. The zero-order valence-electron chi connectivity index (χ0n) is 14.5. The molecule has 0 unspecified atom stereocenters. The van der Waals surface area contributed by atoms with Gasteiger partial charge in [-0.3, -0.25) is 9.88 Å². The number of fused-ring (bicyclic) bond motifs is 1. The van der Waals surface area contributed by atoms with Gasteiger partial charge in [0.15, 0.2) is 0 Å². The van der Waals surface area contributed by atoms with Crippen LogP contribution in [0.15, 0.2) is 12.3 Å². The molecule has 4 nitrogen and oxygen atoms in total. The Kier molecular flexibility index (Phi) is 4.16. The highest BCUT2D eigenvalue weighted by molar-refractivity contribution is 5.91. The summed E-state index contributed by atoms with van der Waals surface area (Å²) in [6.45, 7) is 11.0. The number of amides is 1. The predicted octanol–water partition coefficient (Wildman–Crippen LogP) is 4.62. The van der Waals surface area contributed by atoms with E-state index >= 15 is 0 Å². The number of nitrogens with zero attached hydrogens (tertiary/aromatic N) is 2. The van der Waals surface area contributed by atoms with Crippen molar-refractivity contribution >= 4 is 11.8 Å². The summed E-state index contributed by atoms with van der Waals surface area (Å²) in [7, 11) is 0. The van der Waals surface area contributed by atoms with Gasteiger partial charge in [-0.2, -0.15) is 8.78 Å². The van der Waals surface area contributed by atoms with Crippen LogP contribution in [0.5, 0.6) is 0 Å². The van der Waals surface area contributed by atoms with Crippen molar-refractivity contribution in [2.24, 2.45) is 0 Å². The van der Waals surface area contributed by atoms with Gasteiger partial charge in [0.1, 0.15) is 11.3 Å². The Balaban J connectivity index is 2.45. The molecular formula is C17H24F2N2O2. The molecule has 2 heterocycles. The maximum absolute atomic E-state index is 13.9. The Morgan fingerprint density at radius 1 is 1.39 bits per heavy atom. The molecule has 0 radical (unpaired) electrons. The van der Waals surface area contributed by atoms with Crippen LogP contribution in [0.1, 0.15) is 59.2 Å². The first-order chi connectivity index (χ1) is 10.4. The van der Waals surface area contributed by atoms with Crippen LogP contribution in [0.25, 0.3) is 0 Å². The van der Waals surface area contributed by atoms with E-state index in [0.717, 1.165) is 5.56 Å². The minimum absolute atomic E-state index is 0.315. The fraction of sp³-hybridized carbons (Fsp3) is 0.647. The number of carbonyl (C=O) groups is 1. The Morgan fingerprint density at radius 3 is 2.52 bits per heavy atom. The number of halogens is 2. The second kappa shape index (κ2) is 5.42. The van der Waals surface area contributed by atoms with Crippen molar-refractivity contribution < 1.29 is 18.3 Å². The van der Waals surface area contributed by atoms with Gasteiger partial charge in [0.2, 0.25) is 0 Å². The monoisotopic (exact) mass is 326 g/mol. The molecule has 2 rings (SSSR count). The molecule has 0 aromatic carbocycles. The van der Waals surface area contributed by atoms with Crippen LogP contribution in [0.3, 0.4) is 0 Å². The van der Waals surface area contributed by atoms with Crippen LogP contribution < -0.4 is 4.90 Å². The van der Waals surface area contributed by atoms with Crippen LogP contribution >= 0.6 is 0 Å². The smallest absolute Gasteiger partial charge is 0.414 e. The number of ether oxygens (including phenoxy) is 1. The minimum Gasteiger partial charge on any atom is -0.443 e. The summed E-state index contributed by atoms with van der Waals surface area (Å²) in [6.07, 6.45) is 0.592. The predicted molar refractivity (Wildman–Crippen MR) is 85.0 cm³/mol. The molecule has 0 spiro atoms. The highest BCUT2D eigenvalue weighted by atomic mass is 19.3. The number of aromatic nitrogens is 1. The van der Waals surface area contributed by atoms with E-state index in [1.54, 1.807) is 20.8 Å². The van der Waals surface area contributed by atoms with Crippen molar-refractivity contribution in [2.75, 3.05) is 11.4 Å². The van der Waals surface area contributed by atoms with Crippen LogP contribution in [-0.4, -0.2) is 23.2 Å². The average molecular weight is 326 g/mol. The van der Waals surface area contributed by atoms with Gasteiger partial charge in [-0.05, 0) is 26.8 Å². The molecule has 1 aliphatic rings. The maximum atomic E-state index is 13.9. The number of pyridine rings is 1. The average Bonchev–Trinajstić information content (AvgIpc) is 2.69. The van der Waals surface area contributed by atoms with Gasteiger partial charge in [0.05, 0.1) is 5.69 Å². The highest BCUT2D eigenvalue weighted by Crippen LogP contribution is 2.43. The van der Waals surface area contributed by atoms with E-state index < -0.39 is 17.6 Å². The van der Waals surface area contributed by atoms with Gasteiger partial charge in [-0.1, -0.05) is 20.8 Å². The number of carbonyl (C=O) groups excluding carboxylic acids is 1. The van der Waals surface area contributed by atoms with Gasteiger partial charge in [0, 0.05) is 30.1 Å². The first-order valence-corrected chi connectivity index (χ1v) is 7.77. The molecule has 0 saturated carbocycles. The number of alkyl halides is 2. The molecule has 0 saturated heterocycles. The Labute approximate surface area is 135 Å². The molecule has 128 valence electrons. The van der Waals surface area contributed by atoms with Gasteiger partial charge in [0.25, 0.3) is 5.92 Å². The number of rotatable bonds is 2. The third-order valence-corrected chi connectivity index (χ3v) is 3.89. The highest BCUT2D eigenvalue weighted by Gasteiger charge is 2.42. The summed E-state index contributed by atoms with van der Waals surface area (Å²) >= 11 is 0. The summed E-state index contributed by atoms with van der Waals surface area (Å²) in [4.78, 5) is 17.8. The van der Waals surface area contributed by atoms with Crippen LogP contribution in [0.2, 0.25) is 0 Å². The van der Waals surface area contributed by atoms with E-state index in [9.17, 15) is 13.6 Å². The molecule has 1 amide bonds. The molecule has 1 aromatic rings.